The van der Waals surface area contributed by atoms with Crippen molar-refractivity contribution < 1.29 is 14.6 Å². The van der Waals surface area contributed by atoms with Crippen molar-refractivity contribution >= 4 is 17.7 Å². The van der Waals surface area contributed by atoms with E-state index in [9.17, 15) is 9.90 Å². The Bertz CT molecular complexity index is 508. The van der Waals surface area contributed by atoms with Crippen molar-refractivity contribution in [2.45, 2.75) is 50.7 Å². The van der Waals surface area contributed by atoms with Gasteiger partial charge in [0.05, 0.1) is 5.60 Å². The molecule has 116 valence electrons. The number of halogens is 1. The van der Waals surface area contributed by atoms with Gasteiger partial charge in [-0.15, -0.1) is 0 Å². The lowest BCUT2D eigenvalue weighted by molar-refractivity contribution is -0.0968. The van der Waals surface area contributed by atoms with Gasteiger partial charge >= 0.3 is 6.09 Å². The van der Waals surface area contributed by atoms with E-state index in [1.54, 1.807) is 6.07 Å². The molecule has 3 N–H and O–H groups in total. The molecule has 3 unspecified atom stereocenters. The summed E-state index contributed by atoms with van der Waals surface area (Å²) in [6, 6.07) is 7.29. The molecule has 21 heavy (non-hydrogen) atoms. The first-order valence-corrected chi connectivity index (χ1v) is 7.80. The molecule has 1 aliphatic rings. The van der Waals surface area contributed by atoms with E-state index in [-0.39, 0.29) is 12.0 Å². The van der Waals surface area contributed by atoms with E-state index in [0.717, 1.165) is 25.7 Å². The van der Waals surface area contributed by atoms with Crippen LogP contribution in [0.25, 0.3) is 0 Å². The number of primary amides is 1. The summed E-state index contributed by atoms with van der Waals surface area (Å²) >= 11 is 6.27. The Kier molecular flexibility index (Phi) is 5.12. The van der Waals surface area contributed by atoms with Gasteiger partial charge in [-0.2, -0.15) is 0 Å². The molecule has 2 rings (SSSR count). The van der Waals surface area contributed by atoms with Gasteiger partial charge in [0, 0.05) is 16.5 Å². The van der Waals surface area contributed by atoms with Crippen LogP contribution in [-0.4, -0.2) is 17.3 Å². The molecule has 5 heteroatoms. The summed E-state index contributed by atoms with van der Waals surface area (Å²) < 4.78 is 5.25. The third-order valence-electron chi connectivity index (χ3n) is 4.46. The van der Waals surface area contributed by atoms with Crippen LogP contribution in [0.5, 0.6) is 0 Å². The van der Waals surface area contributed by atoms with Crippen LogP contribution in [0.1, 0.15) is 44.6 Å². The van der Waals surface area contributed by atoms with Crippen molar-refractivity contribution in [2.75, 3.05) is 0 Å². The summed E-state index contributed by atoms with van der Waals surface area (Å²) in [5, 5.41) is 11.8. The lowest BCUT2D eigenvalue weighted by Gasteiger charge is -2.42. The van der Waals surface area contributed by atoms with E-state index >= 15 is 0 Å². The van der Waals surface area contributed by atoms with Crippen LogP contribution in [-0.2, 0) is 10.3 Å². The van der Waals surface area contributed by atoms with Crippen molar-refractivity contribution in [3.8, 4) is 0 Å². The Morgan fingerprint density at radius 1 is 1.43 bits per heavy atom. The zero-order valence-corrected chi connectivity index (χ0v) is 13.0. The lowest BCUT2D eigenvalue weighted by atomic mass is 9.70. The normalized spacial score (nSPS) is 25.1. The first kappa shape index (κ1) is 16.1. The second-order valence-electron chi connectivity index (χ2n) is 5.62. The second-order valence-corrected chi connectivity index (χ2v) is 6.03. The van der Waals surface area contributed by atoms with E-state index in [1.807, 2.05) is 25.1 Å². The molecule has 0 saturated heterocycles. The van der Waals surface area contributed by atoms with E-state index in [2.05, 4.69) is 0 Å². The molecule has 0 heterocycles. The minimum absolute atomic E-state index is 0.191. The Morgan fingerprint density at radius 2 is 2.10 bits per heavy atom. The van der Waals surface area contributed by atoms with E-state index < -0.39 is 11.7 Å². The average Bonchev–Trinajstić information content (AvgIpc) is 2.47. The number of ether oxygens (including phenoxy) is 1. The Morgan fingerprint density at radius 3 is 2.71 bits per heavy atom. The van der Waals surface area contributed by atoms with Crippen LogP contribution in [0.3, 0.4) is 0 Å². The lowest BCUT2D eigenvalue weighted by Crippen LogP contribution is -2.45. The van der Waals surface area contributed by atoms with Crippen molar-refractivity contribution in [3.05, 3.63) is 34.9 Å². The molecule has 1 saturated carbocycles. The first-order valence-electron chi connectivity index (χ1n) is 7.42. The monoisotopic (exact) mass is 311 g/mol. The molecule has 1 aromatic rings. The molecular formula is C16H22ClNO3. The molecule has 0 bridgehead atoms. The van der Waals surface area contributed by atoms with Crippen molar-refractivity contribution in [1.82, 2.24) is 0 Å². The number of carbonyl (C=O) groups is 1. The van der Waals surface area contributed by atoms with Gasteiger partial charge in [0.2, 0.25) is 0 Å². The first-order chi connectivity index (χ1) is 9.99. The number of hydrogen-bond donors (Lipinski definition) is 2. The number of aliphatic hydroxyl groups is 1. The fourth-order valence-corrected chi connectivity index (χ4v) is 3.70. The molecule has 1 fully saturated rings. The molecule has 1 amide bonds. The highest BCUT2D eigenvalue weighted by atomic mass is 35.5. The minimum Gasteiger partial charge on any atom is -0.446 e. The quantitative estimate of drug-likeness (QED) is 0.892. The number of nitrogens with two attached hydrogens (primary N) is 1. The smallest absolute Gasteiger partial charge is 0.404 e. The van der Waals surface area contributed by atoms with E-state index in [0.29, 0.717) is 17.0 Å². The van der Waals surface area contributed by atoms with Crippen LogP contribution in [0.4, 0.5) is 4.79 Å². The summed E-state index contributed by atoms with van der Waals surface area (Å²) in [5.74, 6) is -0.191. The van der Waals surface area contributed by atoms with Crippen LogP contribution >= 0.6 is 11.6 Å². The van der Waals surface area contributed by atoms with Gasteiger partial charge in [-0.05, 0) is 31.7 Å². The van der Waals surface area contributed by atoms with Gasteiger partial charge in [-0.3, -0.25) is 0 Å². The second kappa shape index (κ2) is 6.67. The number of hydrogen-bond acceptors (Lipinski definition) is 3. The van der Waals surface area contributed by atoms with Gasteiger partial charge in [0.1, 0.15) is 6.10 Å². The zero-order chi connectivity index (χ0) is 15.5. The standard InChI is InChI=1S/C16H22ClNO3/c1-2-16(20,11-7-3-5-9-13(11)17)12-8-4-6-10-14(12)21-15(18)19/h3,5,7,9,12,14,20H,2,4,6,8,10H2,1H3,(H2,18,19). The average molecular weight is 312 g/mol. The van der Waals surface area contributed by atoms with Crippen LogP contribution < -0.4 is 5.73 Å². The number of rotatable bonds is 4. The molecule has 1 aliphatic carbocycles. The third-order valence-corrected chi connectivity index (χ3v) is 4.79. The largest absolute Gasteiger partial charge is 0.446 e. The molecular weight excluding hydrogens is 290 g/mol. The Hall–Kier alpha value is -1.26. The van der Waals surface area contributed by atoms with Crippen LogP contribution in [0.15, 0.2) is 24.3 Å². The summed E-state index contributed by atoms with van der Waals surface area (Å²) in [7, 11) is 0. The van der Waals surface area contributed by atoms with Gasteiger partial charge in [0.15, 0.2) is 0 Å². The van der Waals surface area contributed by atoms with E-state index in [1.165, 1.54) is 0 Å². The van der Waals surface area contributed by atoms with Crippen molar-refractivity contribution in [1.29, 1.82) is 0 Å². The highest BCUT2D eigenvalue weighted by Gasteiger charge is 2.45. The molecule has 4 nitrogen and oxygen atoms in total. The van der Waals surface area contributed by atoms with Gasteiger partial charge in [-0.1, -0.05) is 43.1 Å². The summed E-state index contributed by atoms with van der Waals surface area (Å²) in [6.07, 6.45) is 2.82. The SMILES string of the molecule is CCC(O)(c1ccccc1Cl)C1CCCCC1OC(N)=O. The van der Waals surface area contributed by atoms with Gasteiger partial charge in [0.25, 0.3) is 0 Å². The summed E-state index contributed by atoms with van der Waals surface area (Å²) in [5.41, 5.74) is 4.75. The molecule has 0 radical (unpaired) electrons. The highest BCUT2D eigenvalue weighted by Crippen LogP contribution is 2.44. The Balaban J connectivity index is 2.37. The molecule has 0 spiro atoms. The van der Waals surface area contributed by atoms with Gasteiger partial charge < -0.3 is 15.6 Å². The fraction of sp³-hybridized carbons (Fsp3) is 0.562. The predicted molar refractivity (Wildman–Crippen MR) is 82.1 cm³/mol. The van der Waals surface area contributed by atoms with Crippen molar-refractivity contribution in [3.63, 3.8) is 0 Å². The number of amides is 1. The topological polar surface area (TPSA) is 72.6 Å². The molecule has 0 aromatic heterocycles. The van der Waals surface area contributed by atoms with Crippen molar-refractivity contribution in [2.24, 2.45) is 11.7 Å². The molecule has 3 atom stereocenters. The predicted octanol–water partition coefficient (Wildman–Crippen LogP) is 3.59. The molecule has 0 aliphatic heterocycles. The third kappa shape index (κ3) is 3.33. The minimum atomic E-state index is -1.11. The zero-order valence-electron chi connectivity index (χ0n) is 12.2. The van der Waals surface area contributed by atoms with Gasteiger partial charge in [-0.25, -0.2) is 4.79 Å². The molecule has 1 aromatic carbocycles. The maximum absolute atomic E-state index is 11.3. The van der Waals surface area contributed by atoms with E-state index in [4.69, 9.17) is 22.1 Å². The summed E-state index contributed by atoms with van der Waals surface area (Å²) in [4.78, 5) is 11.1. The number of benzene rings is 1. The van der Waals surface area contributed by atoms with Crippen LogP contribution in [0.2, 0.25) is 5.02 Å². The maximum atomic E-state index is 11.3. The Labute approximate surface area is 130 Å². The number of carbonyl (C=O) groups excluding carboxylic acids is 1. The highest BCUT2D eigenvalue weighted by molar-refractivity contribution is 6.31. The fourth-order valence-electron chi connectivity index (χ4n) is 3.40. The van der Waals surface area contributed by atoms with Crippen LogP contribution in [0, 0.1) is 5.92 Å². The summed E-state index contributed by atoms with van der Waals surface area (Å²) in [6.45, 7) is 1.92. The maximum Gasteiger partial charge on any atom is 0.404 e.